The SMILES string of the molecule is Cn1cc(O)c(C=O)n1. The molecule has 0 radical (unpaired) electrons. The van der Waals surface area contributed by atoms with Gasteiger partial charge in [-0.25, -0.2) is 0 Å². The molecule has 0 atom stereocenters. The minimum Gasteiger partial charge on any atom is -0.504 e. The average molecular weight is 126 g/mol. The Morgan fingerprint density at radius 3 is 2.78 bits per heavy atom. The Kier molecular flexibility index (Phi) is 1.22. The molecule has 0 bridgehead atoms. The van der Waals surface area contributed by atoms with Gasteiger partial charge < -0.3 is 5.11 Å². The van der Waals surface area contributed by atoms with Gasteiger partial charge in [-0.15, -0.1) is 0 Å². The molecule has 9 heavy (non-hydrogen) atoms. The Morgan fingerprint density at radius 1 is 1.89 bits per heavy atom. The van der Waals surface area contributed by atoms with Gasteiger partial charge in [-0.1, -0.05) is 0 Å². The molecule has 0 aromatic carbocycles. The highest BCUT2D eigenvalue weighted by Crippen LogP contribution is 2.09. The van der Waals surface area contributed by atoms with E-state index in [4.69, 9.17) is 5.11 Å². The van der Waals surface area contributed by atoms with Gasteiger partial charge in [-0.2, -0.15) is 5.10 Å². The van der Waals surface area contributed by atoms with Crippen molar-refractivity contribution >= 4 is 6.29 Å². The van der Waals surface area contributed by atoms with Gasteiger partial charge in [0.25, 0.3) is 0 Å². The highest BCUT2D eigenvalue weighted by molar-refractivity contribution is 5.75. The lowest BCUT2D eigenvalue weighted by atomic mass is 10.4. The second kappa shape index (κ2) is 1.89. The Labute approximate surface area is 51.7 Å². The number of carbonyl (C=O) groups excluding carboxylic acids is 1. The van der Waals surface area contributed by atoms with Crippen molar-refractivity contribution in [2.45, 2.75) is 0 Å². The number of nitrogens with zero attached hydrogens (tertiary/aromatic N) is 2. The van der Waals surface area contributed by atoms with E-state index in [1.165, 1.54) is 10.9 Å². The summed E-state index contributed by atoms with van der Waals surface area (Å²) in [6, 6.07) is 0. The van der Waals surface area contributed by atoms with E-state index in [1.807, 2.05) is 0 Å². The summed E-state index contributed by atoms with van der Waals surface area (Å²) >= 11 is 0. The summed E-state index contributed by atoms with van der Waals surface area (Å²) in [5.74, 6) is -0.0764. The van der Waals surface area contributed by atoms with Gasteiger partial charge in [-0.05, 0) is 0 Å². The number of rotatable bonds is 1. The molecule has 4 nitrogen and oxygen atoms in total. The molecule has 0 fully saturated rings. The van der Waals surface area contributed by atoms with E-state index in [-0.39, 0.29) is 11.4 Å². The third-order valence-electron chi connectivity index (χ3n) is 0.949. The molecule has 1 aromatic heterocycles. The van der Waals surface area contributed by atoms with Crippen molar-refractivity contribution < 1.29 is 9.90 Å². The van der Waals surface area contributed by atoms with Gasteiger partial charge in [-0.3, -0.25) is 9.48 Å². The van der Waals surface area contributed by atoms with Crippen LogP contribution in [0, 0.1) is 0 Å². The van der Waals surface area contributed by atoms with E-state index < -0.39 is 0 Å². The summed E-state index contributed by atoms with van der Waals surface area (Å²) in [5, 5.41) is 12.4. The predicted molar refractivity (Wildman–Crippen MR) is 30.3 cm³/mol. The molecule has 1 rings (SSSR count). The van der Waals surface area contributed by atoms with E-state index in [0.29, 0.717) is 6.29 Å². The van der Waals surface area contributed by atoms with E-state index in [9.17, 15) is 4.79 Å². The molecule has 0 aliphatic carbocycles. The number of aromatic nitrogens is 2. The van der Waals surface area contributed by atoms with Crippen LogP contribution in [0.3, 0.4) is 0 Å². The maximum absolute atomic E-state index is 10.0. The van der Waals surface area contributed by atoms with E-state index in [1.54, 1.807) is 7.05 Å². The zero-order valence-electron chi connectivity index (χ0n) is 4.90. The van der Waals surface area contributed by atoms with Gasteiger partial charge in [0.15, 0.2) is 17.7 Å². The van der Waals surface area contributed by atoms with Crippen LogP contribution in [0.2, 0.25) is 0 Å². The molecule has 1 N–H and O–H groups in total. The monoisotopic (exact) mass is 126 g/mol. The second-order valence-electron chi connectivity index (χ2n) is 1.69. The predicted octanol–water partition coefficient (Wildman–Crippen LogP) is -0.0618. The van der Waals surface area contributed by atoms with Crippen LogP contribution in [0.25, 0.3) is 0 Å². The number of aryl methyl sites for hydroxylation is 1. The lowest BCUT2D eigenvalue weighted by Crippen LogP contribution is -1.88. The summed E-state index contributed by atoms with van der Waals surface area (Å²) in [5.41, 5.74) is 0.0810. The fourth-order valence-corrected chi connectivity index (χ4v) is 0.577. The van der Waals surface area contributed by atoms with Crippen LogP contribution in [0.4, 0.5) is 0 Å². The third kappa shape index (κ3) is 0.910. The summed E-state index contributed by atoms with van der Waals surface area (Å²) in [6.45, 7) is 0. The highest BCUT2D eigenvalue weighted by Gasteiger charge is 2.01. The van der Waals surface area contributed by atoms with Crippen LogP contribution in [0.5, 0.6) is 5.75 Å². The molecule has 0 amide bonds. The number of hydrogen-bond acceptors (Lipinski definition) is 3. The molecular weight excluding hydrogens is 120 g/mol. The lowest BCUT2D eigenvalue weighted by molar-refractivity contribution is 0.111. The van der Waals surface area contributed by atoms with Crippen LogP contribution >= 0.6 is 0 Å². The summed E-state index contributed by atoms with van der Waals surface area (Å²) in [6.07, 6.45) is 1.87. The van der Waals surface area contributed by atoms with E-state index >= 15 is 0 Å². The fourth-order valence-electron chi connectivity index (χ4n) is 0.577. The first kappa shape index (κ1) is 5.81. The molecule has 0 saturated carbocycles. The first-order valence-corrected chi connectivity index (χ1v) is 2.42. The van der Waals surface area contributed by atoms with Crippen molar-refractivity contribution in [3.63, 3.8) is 0 Å². The molecular formula is C5H6N2O2. The zero-order chi connectivity index (χ0) is 6.85. The normalized spacial score (nSPS) is 9.44. The van der Waals surface area contributed by atoms with Crippen molar-refractivity contribution in [3.8, 4) is 5.75 Å². The van der Waals surface area contributed by atoms with Crippen LogP contribution in [-0.2, 0) is 7.05 Å². The average Bonchev–Trinajstić information content (AvgIpc) is 2.10. The quantitative estimate of drug-likeness (QED) is 0.536. The Balaban J connectivity index is 3.15. The minimum absolute atomic E-state index is 0.0764. The first-order chi connectivity index (χ1) is 4.24. The van der Waals surface area contributed by atoms with Crippen LogP contribution in [0.1, 0.15) is 10.5 Å². The highest BCUT2D eigenvalue weighted by atomic mass is 16.3. The van der Waals surface area contributed by atoms with E-state index in [2.05, 4.69) is 5.10 Å². The van der Waals surface area contributed by atoms with Crippen molar-refractivity contribution in [2.75, 3.05) is 0 Å². The van der Waals surface area contributed by atoms with Gasteiger partial charge in [0.2, 0.25) is 0 Å². The van der Waals surface area contributed by atoms with Gasteiger partial charge >= 0.3 is 0 Å². The number of carbonyl (C=O) groups is 1. The summed E-state index contributed by atoms with van der Waals surface area (Å²) in [7, 11) is 1.63. The molecule has 0 aliphatic heterocycles. The van der Waals surface area contributed by atoms with Crippen molar-refractivity contribution in [2.24, 2.45) is 7.05 Å². The molecule has 0 aliphatic rings. The van der Waals surface area contributed by atoms with Crippen LogP contribution in [0.15, 0.2) is 6.20 Å². The van der Waals surface area contributed by atoms with Crippen LogP contribution < -0.4 is 0 Å². The summed E-state index contributed by atoms with van der Waals surface area (Å²) in [4.78, 5) is 10.0. The van der Waals surface area contributed by atoms with Gasteiger partial charge in [0.05, 0.1) is 6.20 Å². The zero-order valence-corrected chi connectivity index (χ0v) is 4.90. The van der Waals surface area contributed by atoms with E-state index in [0.717, 1.165) is 0 Å². The van der Waals surface area contributed by atoms with Crippen molar-refractivity contribution in [3.05, 3.63) is 11.9 Å². The topological polar surface area (TPSA) is 55.1 Å². The number of hydrogen-bond donors (Lipinski definition) is 1. The molecule has 0 spiro atoms. The Bertz CT molecular complexity index is 229. The van der Waals surface area contributed by atoms with Gasteiger partial charge in [0.1, 0.15) is 0 Å². The van der Waals surface area contributed by atoms with Crippen molar-refractivity contribution in [1.29, 1.82) is 0 Å². The van der Waals surface area contributed by atoms with Crippen LogP contribution in [-0.4, -0.2) is 21.2 Å². The Morgan fingerprint density at radius 2 is 2.56 bits per heavy atom. The molecule has 0 saturated heterocycles. The maximum Gasteiger partial charge on any atom is 0.174 e. The second-order valence-corrected chi connectivity index (χ2v) is 1.69. The van der Waals surface area contributed by atoms with Gasteiger partial charge in [0, 0.05) is 7.05 Å². The smallest absolute Gasteiger partial charge is 0.174 e. The third-order valence-corrected chi connectivity index (χ3v) is 0.949. The molecule has 0 unspecified atom stereocenters. The standard InChI is InChI=1S/C5H6N2O2/c1-7-2-5(9)4(3-8)6-7/h2-3,9H,1H3. The largest absolute Gasteiger partial charge is 0.504 e. The number of aldehydes is 1. The Hall–Kier alpha value is -1.32. The lowest BCUT2D eigenvalue weighted by Gasteiger charge is -1.78. The van der Waals surface area contributed by atoms with Crippen molar-refractivity contribution in [1.82, 2.24) is 9.78 Å². The first-order valence-electron chi connectivity index (χ1n) is 2.42. The maximum atomic E-state index is 10.0. The minimum atomic E-state index is -0.0764. The molecule has 1 aromatic rings. The molecule has 1 heterocycles. The molecule has 4 heteroatoms. The fraction of sp³-hybridized carbons (Fsp3) is 0.200. The molecule has 48 valence electrons. The number of aromatic hydroxyl groups is 1. The summed E-state index contributed by atoms with van der Waals surface area (Å²) < 4.78 is 1.37.